The first-order valence-corrected chi connectivity index (χ1v) is 11.9. The monoisotopic (exact) mass is 393 g/mol. The molecule has 0 heterocycles. The fraction of sp³-hybridized carbons (Fsp3) is 0.174. The molecule has 3 aromatic rings. The fourth-order valence-corrected chi connectivity index (χ4v) is 5.55. The molecule has 0 aliphatic heterocycles. The van der Waals surface area contributed by atoms with Gasteiger partial charge in [0.05, 0.1) is 26.1 Å². The van der Waals surface area contributed by atoms with E-state index in [1.165, 1.54) is 11.1 Å². The van der Waals surface area contributed by atoms with Crippen molar-refractivity contribution in [2.75, 3.05) is 13.3 Å². The summed E-state index contributed by atoms with van der Waals surface area (Å²) < 4.78 is 5.91. The molecule has 2 nitrogen and oxygen atoms in total. The number of aliphatic imine (C=N–C) groups is 1. The van der Waals surface area contributed by atoms with Gasteiger partial charge in [-0.2, -0.15) is 0 Å². The molecule has 3 aromatic carbocycles. The first kappa shape index (κ1) is 19.8. The summed E-state index contributed by atoms with van der Waals surface area (Å²) in [5, 5.41) is 1.09. The zero-order valence-electron chi connectivity index (χ0n) is 15.7. The third-order valence-electron chi connectivity index (χ3n) is 4.55. The average Bonchev–Trinajstić information content (AvgIpc) is 2.73. The molecule has 1 unspecified atom stereocenters. The first-order chi connectivity index (χ1) is 13.1. The Morgan fingerprint density at radius 1 is 0.889 bits per heavy atom. The van der Waals surface area contributed by atoms with Gasteiger partial charge in [-0.1, -0.05) is 72.8 Å². The van der Waals surface area contributed by atoms with Gasteiger partial charge in [0.1, 0.15) is 11.5 Å². The molecule has 3 rings (SSSR count). The van der Waals surface area contributed by atoms with Crippen LogP contribution in [0.3, 0.4) is 0 Å². The molecule has 27 heavy (non-hydrogen) atoms. The summed E-state index contributed by atoms with van der Waals surface area (Å²) in [6.07, 6.45) is 0.639. The third kappa shape index (κ3) is 5.07. The largest absolute Gasteiger partial charge is 0.519 e. The highest BCUT2D eigenvalue weighted by Gasteiger charge is 2.30. The lowest BCUT2D eigenvalue weighted by atomic mass is 10.1. The fourth-order valence-electron chi connectivity index (χ4n) is 3.00. The van der Waals surface area contributed by atoms with Gasteiger partial charge in [-0.25, -0.2) is 0 Å². The Labute approximate surface area is 167 Å². The molecule has 0 saturated carbocycles. The maximum atomic E-state index is 6.03. The molecule has 0 radical (unpaired) electrons. The molecule has 0 spiro atoms. The van der Waals surface area contributed by atoms with Crippen molar-refractivity contribution < 1.29 is 4.52 Å². The topological polar surface area (TPSA) is 21.6 Å². The smallest absolute Gasteiger partial charge is 0.113 e. The molecular weight excluding hydrogens is 369 g/mol. The molecule has 0 saturated heterocycles. The van der Waals surface area contributed by atoms with Gasteiger partial charge in [0.2, 0.25) is 0 Å². The van der Waals surface area contributed by atoms with E-state index < -0.39 is 6.69 Å². The second kappa shape index (κ2) is 9.32. The van der Waals surface area contributed by atoms with Crippen molar-refractivity contribution in [1.29, 1.82) is 0 Å². The van der Waals surface area contributed by atoms with Crippen LogP contribution in [0.5, 0.6) is 0 Å². The lowest BCUT2D eigenvalue weighted by Gasteiger charge is -2.30. The molecule has 0 aliphatic carbocycles. The van der Waals surface area contributed by atoms with Crippen LogP contribution in [0.2, 0.25) is 0 Å². The highest BCUT2D eigenvalue weighted by Crippen LogP contribution is 2.56. The van der Waals surface area contributed by atoms with Crippen LogP contribution in [0.25, 0.3) is 0 Å². The lowest BCUT2D eigenvalue weighted by Crippen LogP contribution is -2.20. The van der Waals surface area contributed by atoms with E-state index in [2.05, 4.69) is 55.5 Å². The second-order valence-electron chi connectivity index (χ2n) is 6.41. The number of hydrogen-bond acceptors (Lipinski definition) is 3. The van der Waals surface area contributed by atoms with Crippen molar-refractivity contribution in [3.05, 3.63) is 102 Å². The van der Waals surface area contributed by atoms with E-state index in [4.69, 9.17) is 21.8 Å². The maximum Gasteiger partial charge on any atom is 0.113 e. The quantitative estimate of drug-likeness (QED) is 0.307. The Bertz CT molecular complexity index is 899. The minimum absolute atomic E-state index is 0.637. The van der Waals surface area contributed by atoms with Gasteiger partial charge in [-0.3, -0.25) is 9.52 Å². The normalized spacial score (nSPS) is 14.0. The van der Waals surface area contributed by atoms with Gasteiger partial charge in [-0.15, -0.1) is 0 Å². The lowest BCUT2D eigenvalue weighted by molar-refractivity contribution is 0.466. The summed E-state index contributed by atoms with van der Waals surface area (Å²) in [6.45, 7) is 0.542. The molecule has 0 aliphatic rings. The second-order valence-corrected chi connectivity index (χ2v) is 10.7. The standard InChI is InChI=1S/C23H24NOPS/c1-19-11-9-10-16-22(19)23(24-17-20-12-5-3-6-13-20)18-26(27,25-2)21-14-7-4-8-15-21/h3-16H,17-18H2,1-2H3. The first-order valence-electron chi connectivity index (χ1n) is 8.96. The maximum absolute atomic E-state index is 6.03. The van der Waals surface area contributed by atoms with Gasteiger partial charge < -0.3 is 12.2 Å². The molecule has 0 N–H and O–H groups in total. The number of hydrogen-bond donors (Lipinski definition) is 0. The van der Waals surface area contributed by atoms with Gasteiger partial charge in [0, 0.05) is 5.56 Å². The van der Waals surface area contributed by atoms with E-state index in [1.807, 2.05) is 36.4 Å². The number of benzene rings is 3. The van der Waals surface area contributed by atoms with E-state index in [1.54, 1.807) is 7.11 Å². The van der Waals surface area contributed by atoms with Crippen LogP contribution in [-0.4, -0.2) is 19.0 Å². The SMILES string of the molecule is CO[P+]([S-])(CC(=NCc1ccccc1)c1ccccc1C)c1ccccc1. The van der Waals surface area contributed by atoms with E-state index >= 15 is 0 Å². The van der Waals surface area contributed by atoms with Gasteiger partial charge >= 0.3 is 0 Å². The molecule has 0 amide bonds. The van der Waals surface area contributed by atoms with E-state index in [0.717, 1.165) is 16.6 Å². The van der Waals surface area contributed by atoms with Crippen LogP contribution >= 0.6 is 6.69 Å². The Morgan fingerprint density at radius 3 is 2.11 bits per heavy atom. The Balaban J connectivity index is 1.98. The predicted octanol–water partition coefficient (Wildman–Crippen LogP) is 5.35. The van der Waals surface area contributed by atoms with Gasteiger partial charge in [-0.05, 0) is 30.2 Å². The zero-order chi connectivity index (χ0) is 19.1. The van der Waals surface area contributed by atoms with Crippen molar-refractivity contribution in [3.63, 3.8) is 0 Å². The molecule has 138 valence electrons. The van der Waals surface area contributed by atoms with E-state index in [-0.39, 0.29) is 0 Å². The minimum Gasteiger partial charge on any atom is -0.519 e. The van der Waals surface area contributed by atoms with Crippen molar-refractivity contribution in [3.8, 4) is 0 Å². The average molecular weight is 393 g/mol. The van der Waals surface area contributed by atoms with Crippen molar-refractivity contribution in [2.45, 2.75) is 13.5 Å². The van der Waals surface area contributed by atoms with Gasteiger partial charge in [0.15, 0.2) is 0 Å². The van der Waals surface area contributed by atoms with E-state index in [0.29, 0.717) is 12.7 Å². The molecule has 0 bridgehead atoms. The zero-order valence-corrected chi connectivity index (χ0v) is 17.4. The van der Waals surface area contributed by atoms with Crippen LogP contribution in [0, 0.1) is 6.92 Å². The number of nitrogens with zero attached hydrogens (tertiary/aromatic N) is 1. The molecule has 1 atom stereocenters. The predicted molar refractivity (Wildman–Crippen MR) is 120 cm³/mol. The Morgan fingerprint density at radius 2 is 1.48 bits per heavy atom. The highest BCUT2D eigenvalue weighted by molar-refractivity contribution is 8.43. The molecule has 4 heteroatoms. The molecule has 0 aromatic heterocycles. The van der Waals surface area contributed by atoms with Crippen LogP contribution in [0.15, 0.2) is 89.9 Å². The van der Waals surface area contributed by atoms with E-state index in [9.17, 15) is 0 Å². The van der Waals surface area contributed by atoms with Crippen molar-refractivity contribution >= 4 is 30.0 Å². The van der Waals surface area contributed by atoms with Crippen molar-refractivity contribution in [2.24, 2.45) is 4.99 Å². The third-order valence-corrected chi connectivity index (χ3v) is 8.41. The van der Waals surface area contributed by atoms with Crippen LogP contribution in [-0.2, 0) is 23.3 Å². The highest BCUT2D eigenvalue weighted by atomic mass is 32.7. The minimum atomic E-state index is -2.21. The summed E-state index contributed by atoms with van der Waals surface area (Å²) in [5.41, 5.74) is 4.56. The summed E-state index contributed by atoms with van der Waals surface area (Å²) in [7, 11) is 1.72. The summed E-state index contributed by atoms with van der Waals surface area (Å²) in [4.78, 5) is 4.98. The number of aryl methyl sites for hydroxylation is 1. The molecule has 0 fully saturated rings. The van der Waals surface area contributed by atoms with Gasteiger partial charge in [0.25, 0.3) is 0 Å². The summed E-state index contributed by atoms with van der Waals surface area (Å²) in [5.74, 6) is 0. The number of rotatable bonds is 7. The van der Waals surface area contributed by atoms with Crippen LogP contribution < -0.4 is 5.30 Å². The van der Waals surface area contributed by atoms with Crippen LogP contribution in [0.4, 0.5) is 0 Å². The molecular formula is C23H24NOPS. The van der Waals surface area contributed by atoms with Crippen LogP contribution in [0.1, 0.15) is 16.7 Å². The summed E-state index contributed by atoms with van der Waals surface area (Å²) in [6, 6.07) is 28.8. The Kier molecular flexibility index (Phi) is 6.84. The van der Waals surface area contributed by atoms with Crippen molar-refractivity contribution in [1.82, 2.24) is 0 Å². The summed E-state index contributed by atoms with van der Waals surface area (Å²) >= 11 is 6.03. The Hall–Kier alpha value is -1.93.